The Morgan fingerprint density at radius 3 is 1.90 bits per heavy atom. The van der Waals surface area contributed by atoms with Gasteiger partial charge in [0.25, 0.3) is 0 Å². The fourth-order valence-electron chi connectivity index (χ4n) is 3.63. The first-order chi connectivity index (χ1) is 15.1. The van der Waals surface area contributed by atoms with E-state index in [4.69, 9.17) is 0 Å². The predicted octanol–water partition coefficient (Wildman–Crippen LogP) is 6.43. The van der Waals surface area contributed by atoms with Crippen molar-refractivity contribution in [2.75, 3.05) is 35.8 Å². The molecule has 0 atom stereocenters. The molecule has 0 fully saturated rings. The number of thioether (sulfide) groups is 1. The molecule has 0 aliphatic heterocycles. The topological polar surface area (TPSA) is 53.2 Å². The van der Waals surface area contributed by atoms with Crippen LogP contribution in [0.4, 0.5) is 17.1 Å². The van der Waals surface area contributed by atoms with Crippen LogP contribution in [0.5, 0.6) is 0 Å². The van der Waals surface area contributed by atoms with E-state index in [9.17, 15) is 4.79 Å². The van der Waals surface area contributed by atoms with E-state index in [1.54, 1.807) is 11.8 Å². The number of carbonyl (C=O) groups is 1. The molecule has 3 aromatic carbocycles. The van der Waals surface area contributed by atoms with Gasteiger partial charge in [-0.15, -0.1) is 11.8 Å². The first kappa shape index (κ1) is 22.8. The molecule has 0 bridgehead atoms. The summed E-state index contributed by atoms with van der Waals surface area (Å²) in [5.41, 5.74) is 5.48. The summed E-state index contributed by atoms with van der Waals surface area (Å²) in [7, 11) is 3.84. The number of benzene rings is 3. The number of amides is 1. The molecule has 0 heterocycles. The van der Waals surface area contributed by atoms with Gasteiger partial charge in [0.1, 0.15) is 0 Å². The molecule has 0 saturated carbocycles. The number of para-hydroxylation sites is 1. The second-order valence-electron chi connectivity index (χ2n) is 7.31. The average molecular weight is 434 g/mol. The average Bonchev–Trinajstić information content (AvgIpc) is 2.81. The smallest absolute Gasteiger partial charge is 0.224 e. The van der Waals surface area contributed by atoms with Crippen molar-refractivity contribution in [2.45, 2.75) is 30.6 Å². The van der Waals surface area contributed by atoms with Crippen LogP contribution in [0.3, 0.4) is 0 Å². The summed E-state index contributed by atoms with van der Waals surface area (Å²) in [6.45, 7) is 2.12. The summed E-state index contributed by atoms with van der Waals surface area (Å²) in [6.07, 6.45) is 1.20. The minimum absolute atomic E-state index is 0.0489. The minimum Gasteiger partial charge on any atom is -0.388 e. The van der Waals surface area contributed by atoms with Gasteiger partial charge < -0.3 is 16.0 Å². The maximum Gasteiger partial charge on any atom is 0.224 e. The largest absolute Gasteiger partial charge is 0.388 e. The fourth-order valence-corrected chi connectivity index (χ4v) is 4.39. The summed E-state index contributed by atoms with van der Waals surface area (Å²) < 4.78 is 0. The first-order valence-corrected chi connectivity index (χ1v) is 11.7. The highest BCUT2D eigenvalue weighted by Crippen LogP contribution is 2.32. The molecule has 162 valence electrons. The molecule has 3 aromatic rings. The third-order valence-electron chi connectivity index (χ3n) is 5.32. The number of hydrogen-bond donors (Lipinski definition) is 3. The van der Waals surface area contributed by atoms with E-state index in [-0.39, 0.29) is 11.8 Å². The lowest BCUT2D eigenvalue weighted by Crippen LogP contribution is -2.14. The zero-order valence-corrected chi connectivity index (χ0v) is 19.3. The third kappa shape index (κ3) is 6.28. The molecule has 0 saturated heterocycles. The molecule has 0 unspecified atom stereocenters. The summed E-state index contributed by atoms with van der Waals surface area (Å²) in [6, 6.07) is 24.9. The quantitative estimate of drug-likeness (QED) is 0.322. The lowest BCUT2D eigenvalue weighted by Gasteiger charge is -2.19. The van der Waals surface area contributed by atoms with Crippen molar-refractivity contribution in [3.05, 3.63) is 83.9 Å². The van der Waals surface area contributed by atoms with Gasteiger partial charge in [-0.1, -0.05) is 43.3 Å². The van der Waals surface area contributed by atoms with Crippen molar-refractivity contribution in [2.24, 2.45) is 0 Å². The molecule has 3 rings (SSSR count). The molecule has 0 spiro atoms. The number of nitrogens with one attached hydrogen (secondary N) is 3. The van der Waals surface area contributed by atoms with Crippen molar-refractivity contribution >= 4 is 34.7 Å². The zero-order chi connectivity index (χ0) is 22.1. The van der Waals surface area contributed by atoms with Gasteiger partial charge in [-0.05, 0) is 59.7 Å². The molecule has 31 heavy (non-hydrogen) atoms. The molecule has 1 amide bonds. The van der Waals surface area contributed by atoms with Crippen molar-refractivity contribution in [3.63, 3.8) is 0 Å². The van der Waals surface area contributed by atoms with Crippen LogP contribution in [0.2, 0.25) is 0 Å². The molecule has 0 radical (unpaired) electrons. The van der Waals surface area contributed by atoms with E-state index in [1.165, 1.54) is 11.1 Å². The second-order valence-corrected chi connectivity index (χ2v) is 8.62. The summed E-state index contributed by atoms with van der Waals surface area (Å²) in [5.74, 6) is 1.18. The van der Waals surface area contributed by atoms with Gasteiger partial charge in [-0.3, -0.25) is 4.79 Å². The highest BCUT2D eigenvalue weighted by Gasteiger charge is 2.17. The van der Waals surface area contributed by atoms with Crippen molar-refractivity contribution in [1.29, 1.82) is 0 Å². The molecule has 0 aromatic heterocycles. The predicted molar refractivity (Wildman–Crippen MR) is 135 cm³/mol. The van der Waals surface area contributed by atoms with Crippen LogP contribution >= 0.6 is 11.8 Å². The summed E-state index contributed by atoms with van der Waals surface area (Å²) in [4.78, 5) is 13.9. The number of anilines is 3. The Morgan fingerprint density at radius 2 is 1.39 bits per heavy atom. The molecular weight excluding hydrogens is 402 g/mol. The van der Waals surface area contributed by atoms with E-state index in [2.05, 4.69) is 77.5 Å². The lowest BCUT2D eigenvalue weighted by molar-refractivity contribution is -0.116. The first-order valence-electron chi connectivity index (χ1n) is 10.7. The van der Waals surface area contributed by atoms with Gasteiger partial charge in [-0.2, -0.15) is 0 Å². The van der Waals surface area contributed by atoms with Crippen LogP contribution in [0, 0.1) is 0 Å². The standard InChI is InChI=1S/C26H31N3OS/c1-4-31-25-8-6-5-7-24(25)29-26(30)18-17-23(19-9-13-21(27-2)14-10-19)20-11-15-22(28-3)16-12-20/h5-16,23,27-28H,4,17-18H2,1-3H3,(H,29,30). The van der Waals surface area contributed by atoms with Crippen molar-refractivity contribution in [3.8, 4) is 0 Å². The van der Waals surface area contributed by atoms with Gasteiger partial charge in [0.2, 0.25) is 5.91 Å². The van der Waals surface area contributed by atoms with Crippen molar-refractivity contribution < 1.29 is 4.79 Å². The van der Waals surface area contributed by atoms with E-state index in [0.29, 0.717) is 6.42 Å². The molecule has 0 aliphatic carbocycles. The second kappa shape index (κ2) is 11.5. The molecule has 3 N–H and O–H groups in total. The number of rotatable bonds is 10. The fraction of sp³-hybridized carbons (Fsp3) is 0.269. The van der Waals surface area contributed by atoms with Crippen LogP contribution < -0.4 is 16.0 Å². The van der Waals surface area contributed by atoms with Gasteiger partial charge in [-0.25, -0.2) is 0 Å². The molecule has 5 heteroatoms. The Morgan fingerprint density at radius 1 is 0.839 bits per heavy atom. The summed E-state index contributed by atoms with van der Waals surface area (Å²) >= 11 is 1.74. The summed E-state index contributed by atoms with van der Waals surface area (Å²) in [5, 5.41) is 9.44. The SMILES string of the molecule is CCSc1ccccc1NC(=O)CCC(c1ccc(NC)cc1)c1ccc(NC)cc1. The number of carbonyl (C=O) groups excluding carboxylic acids is 1. The normalized spacial score (nSPS) is 10.7. The van der Waals surface area contributed by atoms with E-state index < -0.39 is 0 Å². The van der Waals surface area contributed by atoms with Crippen LogP contribution in [0.1, 0.15) is 36.8 Å². The molecule has 0 aliphatic rings. The molecular formula is C26H31N3OS. The van der Waals surface area contributed by atoms with Gasteiger partial charge in [0, 0.05) is 42.7 Å². The third-order valence-corrected chi connectivity index (χ3v) is 6.28. The minimum atomic E-state index is 0.0489. The maximum absolute atomic E-state index is 12.8. The molecule has 4 nitrogen and oxygen atoms in total. The van der Waals surface area contributed by atoms with Crippen molar-refractivity contribution in [1.82, 2.24) is 0 Å². The van der Waals surface area contributed by atoms with Gasteiger partial charge >= 0.3 is 0 Å². The maximum atomic E-state index is 12.8. The van der Waals surface area contributed by atoms with E-state index >= 15 is 0 Å². The van der Waals surface area contributed by atoms with Gasteiger partial charge in [0.15, 0.2) is 0 Å². The van der Waals surface area contributed by atoms with Crippen LogP contribution in [-0.2, 0) is 4.79 Å². The monoisotopic (exact) mass is 433 g/mol. The van der Waals surface area contributed by atoms with E-state index in [1.807, 2.05) is 32.3 Å². The van der Waals surface area contributed by atoms with E-state index in [0.717, 1.165) is 34.1 Å². The Kier molecular flexibility index (Phi) is 8.42. The Bertz CT molecular complexity index is 923. The highest BCUT2D eigenvalue weighted by atomic mass is 32.2. The Balaban J connectivity index is 1.75. The van der Waals surface area contributed by atoms with Gasteiger partial charge in [0.05, 0.1) is 5.69 Å². The lowest BCUT2D eigenvalue weighted by atomic mass is 9.87. The Labute approximate surface area is 189 Å². The highest BCUT2D eigenvalue weighted by molar-refractivity contribution is 7.99. The van der Waals surface area contributed by atoms with Crippen LogP contribution in [0.15, 0.2) is 77.7 Å². The Hall–Kier alpha value is -2.92. The van der Waals surface area contributed by atoms with Crippen LogP contribution in [0.25, 0.3) is 0 Å². The number of hydrogen-bond acceptors (Lipinski definition) is 4. The van der Waals surface area contributed by atoms with Crippen LogP contribution in [-0.4, -0.2) is 25.8 Å². The zero-order valence-electron chi connectivity index (χ0n) is 18.4.